The van der Waals surface area contributed by atoms with Crippen molar-refractivity contribution in [2.45, 2.75) is 86.3 Å². The van der Waals surface area contributed by atoms with Gasteiger partial charge < -0.3 is 9.80 Å². The van der Waals surface area contributed by atoms with Crippen molar-refractivity contribution in [2.75, 3.05) is 11.4 Å². The number of hydrogen-bond acceptors (Lipinski definition) is 4. The summed E-state index contributed by atoms with van der Waals surface area (Å²) in [6.45, 7) is 0.908. The van der Waals surface area contributed by atoms with Gasteiger partial charge in [0.1, 0.15) is 0 Å². The average Bonchev–Trinajstić information content (AvgIpc) is 3.94. The molecule has 0 radical (unpaired) electrons. The van der Waals surface area contributed by atoms with Gasteiger partial charge in [0.2, 0.25) is 0 Å². The Balaban J connectivity index is 0.862. The Kier molecular flexibility index (Phi) is 8.38. The van der Waals surface area contributed by atoms with E-state index in [0.29, 0.717) is 40.9 Å². The molecule has 4 heteroatoms. The molecule has 3 nitrogen and oxygen atoms in total. The van der Waals surface area contributed by atoms with Crippen LogP contribution in [-0.2, 0) is 0 Å². The predicted octanol–water partition coefficient (Wildman–Crippen LogP) is 12.6. The molecule has 0 aromatic heterocycles. The van der Waals surface area contributed by atoms with Crippen LogP contribution in [0, 0.1) is 23.7 Å². The van der Waals surface area contributed by atoms with Crippen molar-refractivity contribution in [3.05, 3.63) is 189 Å². The minimum atomic E-state index is 0.339. The lowest BCUT2D eigenvalue weighted by atomic mass is 9.74. The molecular weight excluding hydrogens is 711 g/mol. The van der Waals surface area contributed by atoms with E-state index in [4.69, 9.17) is 4.99 Å². The second kappa shape index (κ2) is 13.9. The predicted molar refractivity (Wildman–Crippen MR) is 238 cm³/mol. The van der Waals surface area contributed by atoms with Crippen molar-refractivity contribution in [1.29, 1.82) is 0 Å². The van der Waals surface area contributed by atoms with E-state index in [0.717, 1.165) is 57.9 Å². The third kappa shape index (κ3) is 5.72. The Labute approximate surface area is 342 Å². The van der Waals surface area contributed by atoms with Gasteiger partial charge in [-0.2, -0.15) is 0 Å². The van der Waals surface area contributed by atoms with Crippen molar-refractivity contribution in [3.63, 3.8) is 0 Å². The monoisotopic (exact) mass is 761 g/mol. The molecule has 11 aliphatic rings. The van der Waals surface area contributed by atoms with Gasteiger partial charge in [-0.3, -0.25) is 4.99 Å². The Morgan fingerprint density at radius 1 is 0.754 bits per heavy atom. The van der Waals surface area contributed by atoms with Gasteiger partial charge in [-0.25, -0.2) is 0 Å². The number of anilines is 1. The molecule has 0 spiro atoms. The van der Waals surface area contributed by atoms with E-state index >= 15 is 0 Å². The molecule has 0 amide bonds. The fraction of sp³-hybridized carbons (Fsp3) is 0.340. The van der Waals surface area contributed by atoms with Crippen molar-refractivity contribution < 1.29 is 0 Å². The van der Waals surface area contributed by atoms with Gasteiger partial charge in [-0.1, -0.05) is 91.1 Å². The molecule has 7 aliphatic carbocycles. The van der Waals surface area contributed by atoms with Crippen LogP contribution in [0.1, 0.15) is 75.7 Å². The fourth-order valence-electron chi connectivity index (χ4n) is 11.8. The van der Waals surface area contributed by atoms with E-state index in [1.807, 2.05) is 11.8 Å². The maximum atomic E-state index is 4.71. The van der Waals surface area contributed by atoms with Gasteiger partial charge in [0.05, 0.1) is 6.04 Å². The first-order valence-electron chi connectivity index (χ1n) is 21.9. The van der Waals surface area contributed by atoms with Crippen LogP contribution in [0.5, 0.6) is 0 Å². The molecule has 0 fully saturated rings. The van der Waals surface area contributed by atoms with Crippen LogP contribution in [0.2, 0.25) is 0 Å². The van der Waals surface area contributed by atoms with Crippen LogP contribution in [0.4, 0.5) is 5.69 Å². The summed E-state index contributed by atoms with van der Waals surface area (Å²) in [5.74, 6) is 2.31. The van der Waals surface area contributed by atoms with Crippen LogP contribution in [-0.4, -0.2) is 29.0 Å². The van der Waals surface area contributed by atoms with Crippen LogP contribution in [0.25, 0.3) is 0 Å². The standard InChI is InChI=1S/C53H51N3S/c1-2-11-34(12-3-1)38-27-39(37-13-10-26-54-33-37)29-41(28-38)56-49-18-8-5-15-43(49)46-31-36(21-24-51(46)56)35-20-23-50-45(30-35)42-14-4-7-17-48(42)55(50)40-22-25-53-47(32-40)44-16-6-9-19-52(44)57-53/h2,6-9,11-13,16-20,22-25,28-30,32-33,36,38,44-46,50,52H,1,3-5,10,14-15,21,26-27,31H2. The van der Waals surface area contributed by atoms with Crippen LogP contribution in [0.15, 0.2) is 194 Å². The zero-order valence-corrected chi connectivity index (χ0v) is 33.6. The molecule has 0 saturated carbocycles. The Hall–Kier alpha value is -4.80. The van der Waals surface area contributed by atoms with Crippen molar-refractivity contribution in [2.24, 2.45) is 28.7 Å². The number of benzene rings is 1. The van der Waals surface area contributed by atoms with E-state index in [-0.39, 0.29) is 0 Å². The molecule has 0 bridgehead atoms. The summed E-state index contributed by atoms with van der Waals surface area (Å²) in [4.78, 5) is 11.5. The number of thioether (sulfide) groups is 1. The van der Waals surface area contributed by atoms with Crippen LogP contribution < -0.4 is 4.90 Å². The molecule has 1 aromatic carbocycles. The molecule has 7 atom stereocenters. The average molecular weight is 762 g/mol. The molecule has 57 heavy (non-hydrogen) atoms. The number of aliphatic imine (C=N–C) groups is 1. The molecule has 1 aromatic rings. The summed E-state index contributed by atoms with van der Waals surface area (Å²) >= 11 is 2.03. The van der Waals surface area contributed by atoms with Gasteiger partial charge in [0.15, 0.2) is 0 Å². The highest BCUT2D eigenvalue weighted by atomic mass is 32.2. The quantitative estimate of drug-likeness (QED) is 0.298. The highest BCUT2D eigenvalue weighted by Gasteiger charge is 2.44. The number of dihydropyridines is 1. The van der Waals surface area contributed by atoms with Crippen LogP contribution >= 0.6 is 11.8 Å². The fourth-order valence-corrected chi connectivity index (χ4v) is 13.1. The molecular formula is C53H51N3S. The third-order valence-corrected chi connectivity index (χ3v) is 15.8. The summed E-state index contributed by atoms with van der Waals surface area (Å²) in [5.41, 5.74) is 17.7. The van der Waals surface area contributed by atoms with Gasteiger partial charge in [0.25, 0.3) is 0 Å². The van der Waals surface area contributed by atoms with E-state index in [1.54, 1.807) is 16.7 Å². The maximum absolute atomic E-state index is 4.71. The van der Waals surface area contributed by atoms with E-state index in [2.05, 4.69) is 144 Å². The number of hydrogen-bond donors (Lipinski definition) is 0. The Morgan fingerprint density at radius 3 is 2.54 bits per heavy atom. The van der Waals surface area contributed by atoms with E-state index < -0.39 is 0 Å². The molecule has 0 saturated heterocycles. The normalized spacial score (nSPS) is 32.9. The molecule has 0 N–H and O–H groups in total. The number of rotatable bonds is 5. The first kappa shape index (κ1) is 34.3. The van der Waals surface area contributed by atoms with E-state index in [1.165, 1.54) is 68.5 Å². The van der Waals surface area contributed by atoms with Crippen molar-refractivity contribution in [3.8, 4) is 0 Å². The van der Waals surface area contributed by atoms with Crippen LogP contribution in [0.3, 0.4) is 0 Å². The van der Waals surface area contributed by atoms with Crippen molar-refractivity contribution in [1.82, 2.24) is 4.90 Å². The molecule has 4 aliphatic heterocycles. The molecule has 284 valence electrons. The summed E-state index contributed by atoms with van der Waals surface area (Å²) < 4.78 is 0. The topological polar surface area (TPSA) is 18.8 Å². The highest BCUT2D eigenvalue weighted by Crippen LogP contribution is 2.55. The molecule has 7 unspecified atom stereocenters. The summed E-state index contributed by atoms with van der Waals surface area (Å²) in [5, 5.41) is 0.528. The third-order valence-electron chi connectivity index (χ3n) is 14.5. The minimum Gasteiger partial charge on any atom is -0.334 e. The zero-order valence-electron chi connectivity index (χ0n) is 32.8. The van der Waals surface area contributed by atoms with Gasteiger partial charge in [-0.05, 0) is 146 Å². The van der Waals surface area contributed by atoms with Gasteiger partial charge in [0, 0.05) is 75.1 Å². The number of nitrogens with zero attached hydrogens (tertiary/aromatic N) is 3. The van der Waals surface area contributed by atoms with Gasteiger partial charge >= 0.3 is 0 Å². The largest absolute Gasteiger partial charge is 0.334 e. The second-order valence-electron chi connectivity index (χ2n) is 17.6. The Bertz CT molecular complexity index is 2420. The lowest BCUT2D eigenvalue weighted by molar-refractivity contribution is 0.417. The zero-order chi connectivity index (χ0) is 37.5. The van der Waals surface area contributed by atoms with Gasteiger partial charge in [-0.15, -0.1) is 11.8 Å². The van der Waals surface area contributed by atoms with Crippen molar-refractivity contribution >= 4 is 23.7 Å². The first-order chi connectivity index (χ1) is 28.2. The molecule has 4 heterocycles. The maximum Gasteiger partial charge on any atom is 0.0626 e. The number of allylic oxidation sites excluding steroid dienone is 19. The Morgan fingerprint density at radius 2 is 1.65 bits per heavy atom. The summed E-state index contributed by atoms with van der Waals surface area (Å²) in [6, 6.07) is 7.65. The minimum absolute atomic E-state index is 0.339. The first-order valence-corrected chi connectivity index (χ1v) is 22.8. The summed E-state index contributed by atoms with van der Waals surface area (Å²) in [6.07, 6.45) is 57.6. The lowest BCUT2D eigenvalue weighted by Gasteiger charge is -2.36. The smallest absolute Gasteiger partial charge is 0.0626 e. The lowest BCUT2D eigenvalue weighted by Crippen LogP contribution is -2.33. The van der Waals surface area contributed by atoms with E-state index in [9.17, 15) is 0 Å². The second-order valence-corrected chi connectivity index (χ2v) is 18.9. The summed E-state index contributed by atoms with van der Waals surface area (Å²) in [7, 11) is 0. The highest BCUT2D eigenvalue weighted by molar-refractivity contribution is 8.00. The molecule has 12 rings (SSSR count). The number of fused-ring (bicyclic) bond motifs is 7. The SMILES string of the molecule is C1=CC2Sc3ccc(N4C5=C(CCC=C5)C5C=C(C6CC=C7C(C6)C6=C(C=CCC6)N7C6=CC(C7=CCCC=C7)CC(C7=CCCN=C7)=C6)C=CC54)cc3C2C=C1.